The average Bonchev–Trinajstić information content (AvgIpc) is 3.27. The number of aromatic nitrogens is 1. The number of likely N-dealkylation sites (tertiary alicyclic amines) is 1. The Bertz CT molecular complexity index is 658. The number of carbonyl (C=O) groups excluding carboxylic acids is 1. The minimum Gasteiger partial charge on any atom is -0.468 e. The van der Waals surface area contributed by atoms with Crippen molar-refractivity contribution < 1.29 is 9.21 Å². The van der Waals surface area contributed by atoms with E-state index in [1.165, 1.54) is 5.01 Å². The molecule has 0 spiro atoms. The molecule has 1 aliphatic heterocycles. The summed E-state index contributed by atoms with van der Waals surface area (Å²) in [5.74, 6) is 1.79. The summed E-state index contributed by atoms with van der Waals surface area (Å²) in [7, 11) is 0. The van der Waals surface area contributed by atoms with Crippen molar-refractivity contribution in [2.45, 2.75) is 45.6 Å². The van der Waals surface area contributed by atoms with Crippen LogP contribution < -0.4 is 5.32 Å². The lowest BCUT2D eigenvalue weighted by Gasteiger charge is -2.30. The molecule has 0 atom stereocenters. The van der Waals surface area contributed by atoms with Crippen LogP contribution in [0.15, 0.2) is 28.2 Å². The van der Waals surface area contributed by atoms with Crippen molar-refractivity contribution in [2.75, 3.05) is 19.6 Å². The third kappa shape index (κ3) is 5.16. The molecule has 6 heteroatoms. The molecule has 3 rings (SSSR count). The number of carbonyl (C=O) groups is 1. The van der Waals surface area contributed by atoms with Gasteiger partial charge in [-0.2, -0.15) is 0 Å². The first-order valence-corrected chi connectivity index (χ1v) is 9.96. The second-order valence-corrected chi connectivity index (χ2v) is 7.89. The zero-order chi connectivity index (χ0) is 17.6. The molecule has 3 heterocycles. The summed E-state index contributed by atoms with van der Waals surface area (Å²) in [5.41, 5.74) is 1.09. The van der Waals surface area contributed by atoms with Gasteiger partial charge in [-0.25, -0.2) is 4.98 Å². The number of hydrogen-bond donors (Lipinski definition) is 1. The van der Waals surface area contributed by atoms with Gasteiger partial charge < -0.3 is 9.73 Å². The normalized spacial score (nSPS) is 16.4. The van der Waals surface area contributed by atoms with Crippen LogP contribution in [0.25, 0.3) is 0 Å². The highest BCUT2D eigenvalue weighted by atomic mass is 32.1. The van der Waals surface area contributed by atoms with E-state index in [1.807, 2.05) is 12.1 Å². The number of nitrogens with one attached hydrogen (secondary N) is 1. The fourth-order valence-electron chi connectivity index (χ4n) is 3.14. The maximum atomic E-state index is 12.4. The van der Waals surface area contributed by atoms with E-state index in [0.29, 0.717) is 12.5 Å². The summed E-state index contributed by atoms with van der Waals surface area (Å²) in [6.45, 7) is 7.71. The average molecular weight is 362 g/mol. The second-order valence-electron chi connectivity index (χ2n) is 7.00. The molecule has 0 aromatic carbocycles. The minimum atomic E-state index is 0.134. The molecule has 1 amide bonds. The maximum absolute atomic E-state index is 12.4. The Kier molecular flexibility index (Phi) is 6.26. The first-order chi connectivity index (χ1) is 12.1. The maximum Gasteiger partial charge on any atom is 0.223 e. The molecular weight excluding hydrogens is 334 g/mol. The van der Waals surface area contributed by atoms with E-state index in [-0.39, 0.29) is 11.8 Å². The van der Waals surface area contributed by atoms with Gasteiger partial charge in [-0.1, -0.05) is 13.8 Å². The molecule has 5 nitrogen and oxygen atoms in total. The van der Waals surface area contributed by atoms with Crippen molar-refractivity contribution >= 4 is 17.2 Å². The van der Waals surface area contributed by atoms with Crippen LogP contribution in [0.3, 0.4) is 0 Å². The molecule has 1 aliphatic rings. The minimum absolute atomic E-state index is 0.134. The topological polar surface area (TPSA) is 58.4 Å². The lowest BCUT2D eigenvalue weighted by molar-refractivity contribution is -0.126. The van der Waals surface area contributed by atoms with Crippen molar-refractivity contribution in [3.05, 3.63) is 40.2 Å². The molecule has 2 aromatic heterocycles. The summed E-state index contributed by atoms with van der Waals surface area (Å²) < 4.78 is 5.40. The first-order valence-electron chi connectivity index (χ1n) is 9.08. The molecule has 1 fully saturated rings. The summed E-state index contributed by atoms with van der Waals surface area (Å²) >= 11 is 1.71. The molecule has 0 bridgehead atoms. The van der Waals surface area contributed by atoms with Gasteiger partial charge in [0.2, 0.25) is 5.91 Å². The Morgan fingerprint density at radius 1 is 1.44 bits per heavy atom. The van der Waals surface area contributed by atoms with Gasteiger partial charge in [-0.3, -0.25) is 9.69 Å². The van der Waals surface area contributed by atoms with E-state index in [4.69, 9.17) is 4.42 Å². The third-order valence-electron chi connectivity index (χ3n) is 4.66. The van der Waals surface area contributed by atoms with Crippen LogP contribution >= 0.6 is 11.3 Å². The number of amides is 1. The Balaban J connectivity index is 1.36. The number of rotatable bonds is 7. The number of thiazole rings is 1. The lowest BCUT2D eigenvalue weighted by Crippen LogP contribution is -2.40. The Morgan fingerprint density at radius 3 is 2.88 bits per heavy atom. The van der Waals surface area contributed by atoms with E-state index < -0.39 is 0 Å². The van der Waals surface area contributed by atoms with Crippen LogP contribution in [0.5, 0.6) is 0 Å². The smallest absolute Gasteiger partial charge is 0.223 e. The summed E-state index contributed by atoms with van der Waals surface area (Å²) in [6, 6.07) is 3.92. The van der Waals surface area contributed by atoms with Crippen LogP contribution in [0, 0.1) is 5.92 Å². The summed E-state index contributed by atoms with van der Waals surface area (Å²) in [4.78, 5) is 19.3. The Labute approximate surface area is 153 Å². The highest BCUT2D eigenvalue weighted by Crippen LogP contribution is 2.20. The Hall–Kier alpha value is -1.66. The van der Waals surface area contributed by atoms with Crippen molar-refractivity contribution in [2.24, 2.45) is 5.92 Å². The molecule has 1 saturated heterocycles. The van der Waals surface area contributed by atoms with E-state index in [1.54, 1.807) is 17.6 Å². The molecule has 0 unspecified atom stereocenters. The van der Waals surface area contributed by atoms with Gasteiger partial charge in [0.25, 0.3) is 0 Å². The van der Waals surface area contributed by atoms with Gasteiger partial charge in [0.1, 0.15) is 5.76 Å². The van der Waals surface area contributed by atoms with Crippen LogP contribution in [-0.2, 0) is 17.8 Å². The molecule has 2 aromatic rings. The number of furan rings is 1. The molecule has 0 saturated carbocycles. The molecule has 136 valence electrons. The summed E-state index contributed by atoms with van der Waals surface area (Å²) in [6.07, 6.45) is 4.36. The fourth-order valence-corrected chi connectivity index (χ4v) is 4.01. The van der Waals surface area contributed by atoms with Gasteiger partial charge in [0.05, 0.1) is 23.5 Å². The molecule has 1 N–H and O–H groups in total. The monoisotopic (exact) mass is 361 g/mol. The standard InChI is InChI=1S/C19H27N3O2S/c1-14(2)19-21-16(13-25-19)5-8-20-18(23)15-6-9-22(10-7-15)12-17-4-3-11-24-17/h3-4,11,13-15H,5-10,12H2,1-2H3,(H,20,23). The fraction of sp³-hybridized carbons (Fsp3) is 0.579. The number of piperidine rings is 1. The van der Waals surface area contributed by atoms with Gasteiger partial charge in [0.15, 0.2) is 0 Å². The van der Waals surface area contributed by atoms with Crippen molar-refractivity contribution in [3.63, 3.8) is 0 Å². The van der Waals surface area contributed by atoms with Gasteiger partial charge >= 0.3 is 0 Å². The van der Waals surface area contributed by atoms with Crippen LogP contribution in [0.2, 0.25) is 0 Å². The predicted molar refractivity (Wildman–Crippen MR) is 99.6 cm³/mol. The van der Waals surface area contributed by atoms with Gasteiger partial charge in [-0.15, -0.1) is 11.3 Å². The Morgan fingerprint density at radius 2 is 2.24 bits per heavy atom. The van der Waals surface area contributed by atoms with E-state index in [9.17, 15) is 4.79 Å². The lowest BCUT2D eigenvalue weighted by atomic mass is 9.96. The largest absolute Gasteiger partial charge is 0.468 e. The second kappa shape index (κ2) is 8.63. The zero-order valence-corrected chi connectivity index (χ0v) is 15.8. The summed E-state index contributed by atoms with van der Waals surface area (Å²) in [5, 5.41) is 6.37. The van der Waals surface area contributed by atoms with E-state index >= 15 is 0 Å². The first kappa shape index (κ1) is 18.1. The van der Waals surface area contributed by atoms with Gasteiger partial charge in [0, 0.05) is 30.2 Å². The molecule has 25 heavy (non-hydrogen) atoms. The van der Waals surface area contributed by atoms with E-state index in [0.717, 1.165) is 50.4 Å². The third-order valence-corrected chi connectivity index (χ3v) is 5.86. The highest BCUT2D eigenvalue weighted by molar-refractivity contribution is 7.09. The van der Waals surface area contributed by atoms with Gasteiger partial charge in [-0.05, 0) is 38.1 Å². The predicted octanol–water partition coefficient (Wildman–Crippen LogP) is 3.43. The van der Waals surface area contributed by atoms with E-state index in [2.05, 4.69) is 34.4 Å². The molecular formula is C19H27N3O2S. The highest BCUT2D eigenvalue weighted by Gasteiger charge is 2.25. The molecule has 0 radical (unpaired) electrons. The number of hydrogen-bond acceptors (Lipinski definition) is 5. The molecule has 0 aliphatic carbocycles. The van der Waals surface area contributed by atoms with Crippen LogP contribution in [-0.4, -0.2) is 35.4 Å². The number of nitrogens with zero attached hydrogens (tertiary/aromatic N) is 2. The SMILES string of the molecule is CC(C)c1nc(CCNC(=O)C2CCN(Cc3ccco3)CC2)cs1. The van der Waals surface area contributed by atoms with Crippen molar-refractivity contribution in [3.8, 4) is 0 Å². The van der Waals surface area contributed by atoms with Crippen LogP contribution in [0.1, 0.15) is 49.1 Å². The zero-order valence-electron chi connectivity index (χ0n) is 15.0. The quantitative estimate of drug-likeness (QED) is 0.821. The van der Waals surface area contributed by atoms with Crippen molar-refractivity contribution in [1.29, 1.82) is 0 Å². The van der Waals surface area contributed by atoms with Crippen LogP contribution in [0.4, 0.5) is 0 Å². The van der Waals surface area contributed by atoms with Crippen molar-refractivity contribution in [1.82, 2.24) is 15.2 Å².